The molecule has 4 aromatic rings. The number of fused-ring (bicyclic) bond motifs is 1. The molecule has 5 rings (SSSR count). The highest BCUT2D eigenvalue weighted by Crippen LogP contribution is 2.41. The molecular weight excluding hydrogens is 350 g/mol. The van der Waals surface area contributed by atoms with E-state index >= 15 is 0 Å². The average Bonchev–Trinajstić information content (AvgIpc) is 3.09. The number of halogens is 2. The molecule has 1 aliphatic rings. The minimum Gasteiger partial charge on any atom is -0.356 e. The Kier molecular flexibility index (Phi) is 3.56. The molecular formula is C19H14F2N6. The predicted molar refractivity (Wildman–Crippen MR) is 97.1 cm³/mol. The maximum Gasteiger partial charge on any atom is 0.155 e. The normalized spacial score (nSPS) is 13.8. The Morgan fingerprint density at radius 3 is 2.63 bits per heavy atom. The first-order chi connectivity index (χ1) is 13.2. The van der Waals surface area contributed by atoms with Gasteiger partial charge in [-0.05, 0) is 18.6 Å². The molecule has 1 N–H and O–H groups in total. The van der Waals surface area contributed by atoms with Gasteiger partial charge >= 0.3 is 0 Å². The number of aromatic amines is 1. The lowest BCUT2D eigenvalue weighted by Gasteiger charge is -2.33. The van der Waals surface area contributed by atoms with Gasteiger partial charge in [-0.25, -0.2) is 23.7 Å². The van der Waals surface area contributed by atoms with Crippen molar-refractivity contribution in [2.45, 2.75) is 6.42 Å². The number of pyridine rings is 1. The zero-order valence-corrected chi connectivity index (χ0v) is 14.2. The van der Waals surface area contributed by atoms with Crippen molar-refractivity contribution >= 4 is 16.9 Å². The standard InChI is InChI=1S/C19H14F2N6/c20-11-2-3-12(16(21)6-11)13-8-23-18-14(9-25-26-18)17(13)15-7-22-10-24-19(15)27-4-1-5-27/h2-3,6-10H,1,4-5H2,(H,23,25,26). The molecule has 134 valence electrons. The number of rotatable bonds is 3. The molecule has 3 aromatic heterocycles. The maximum absolute atomic E-state index is 14.6. The Balaban J connectivity index is 1.82. The Bertz CT molecular complexity index is 1150. The molecule has 0 saturated carbocycles. The average molecular weight is 364 g/mol. The van der Waals surface area contributed by atoms with Crippen molar-refractivity contribution in [1.29, 1.82) is 0 Å². The molecule has 27 heavy (non-hydrogen) atoms. The lowest BCUT2D eigenvalue weighted by molar-refractivity contribution is 0.585. The van der Waals surface area contributed by atoms with Crippen LogP contribution in [0.2, 0.25) is 0 Å². The summed E-state index contributed by atoms with van der Waals surface area (Å²) in [6.07, 6.45) is 7.53. The summed E-state index contributed by atoms with van der Waals surface area (Å²) in [4.78, 5) is 15.1. The monoisotopic (exact) mass is 364 g/mol. The third kappa shape index (κ3) is 2.52. The molecule has 0 radical (unpaired) electrons. The third-order valence-corrected chi connectivity index (χ3v) is 4.82. The van der Waals surface area contributed by atoms with Crippen LogP contribution in [0.3, 0.4) is 0 Å². The molecule has 8 heteroatoms. The van der Waals surface area contributed by atoms with E-state index in [0.29, 0.717) is 11.2 Å². The molecule has 1 saturated heterocycles. The van der Waals surface area contributed by atoms with Crippen LogP contribution in [0.4, 0.5) is 14.6 Å². The quantitative estimate of drug-likeness (QED) is 0.602. The van der Waals surface area contributed by atoms with Crippen LogP contribution in [0.25, 0.3) is 33.3 Å². The van der Waals surface area contributed by atoms with E-state index in [1.807, 2.05) is 0 Å². The van der Waals surface area contributed by atoms with Crippen molar-refractivity contribution in [1.82, 2.24) is 25.1 Å². The number of nitrogens with one attached hydrogen (secondary N) is 1. The van der Waals surface area contributed by atoms with Crippen LogP contribution in [0.5, 0.6) is 0 Å². The highest BCUT2D eigenvalue weighted by atomic mass is 19.1. The van der Waals surface area contributed by atoms with E-state index in [0.717, 1.165) is 47.9 Å². The zero-order chi connectivity index (χ0) is 18.4. The smallest absolute Gasteiger partial charge is 0.155 e. The minimum absolute atomic E-state index is 0.264. The van der Waals surface area contributed by atoms with Crippen molar-refractivity contribution in [3.8, 4) is 22.3 Å². The fourth-order valence-electron chi connectivity index (χ4n) is 3.38. The number of aromatic nitrogens is 5. The van der Waals surface area contributed by atoms with Crippen LogP contribution >= 0.6 is 0 Å². The lowest BCUT2D eigenvalue weighted by atomic mass is 9.94. The van der Waals surface area contributed by atoms with Gasteiger partial charge in [0.2, 0.25) is 0 Å². The van der Waals surface area contributed by atoms with E-state index < -0.39 is 11.6 Å². The summed E-state index contributed by atoms with van der Waals surface area (Å²) in [5.41, 5.74) is 2.87. The lowest BCUT2D eigenvalue weighted by Crippen LogP contribution is -2.38. The number of benzene rings is 1. The van der Waals surface area contributed by atoms with Crippen molar-refractivity contribution in [3.05, 3.63) is 54.8 Å². The summed E-state index contributed by atoms with van der Waals surface area (Å²) in [5, 5.41) is 7.64. The van der Waals surface area contributed by atoms with Crippen LogP contribution in [-0.2, 0) is 0 Å². The van der Waals surface area contributed by atoms with Gasteiger partial charge < -0.3 is 4.90 Å². The van der Waals surface area contributed by atoms with Gasteiger partial charge in [0.25, 0.3) is 0 Å². The van der Waals surface area contributed by atoms with Gasteiger partial charge in [-0.15, -0.1) is 0 Å². The number of nitrogens with zero attached hydrogens (tertiary/aromatic N) is 5. The Morgan fingerprint density at radius 1 is 0.963 bits per heavy atom. The fraction of sp³-hybridized carbons (Fsp3) is 0.158. The third-order valence-electron chi connectivity index (χ3n) is 4.82. The van der Waals surface area contributed by atoms with E-state index in [2.05, 4.69) is 30.0 Å². The molecule has 4 heterocycles. The van der Waals surface area contributed by atoms with Gasteiger partial charge in [-0.3, -0.25) is 5.10 Å². The van der Waals surface area contributed by atoms with E-state index in [4.69, 9.17) is 0 Å². The van der Waals surface area contributed by atoms with Crippen molar-refractivity contribution in [2.75, 3.05) is 18.0 Å². The second kappa shape index (κ2) is 6.08. The van der Waals surface area contributed by atoms with Crippen molar-refractivity contribution < 1.29 is 8.78 Å². The second-order valence-corrected chi connectivity index (χ2v) is 6.40. The van der Waals surface area contributed by atoms with Crippen molar-refractivity contribution in [2.24, 2.45) is 0 Å². The molecule has 0 spiro atoms. The first kappa shape index (κ1) is 15.8. The van der Waals surface area contributed by atoms with Gasteiger partial charge in [0.1, 0.15) is 23.8 Å². The van der Waals surface area contributed by atoms with Crippen LogP contribution in [-0.4, -0.2) is 38.2 Å². The molecule has 0 atom stereocenters. The van der Waals surface area contributed by atoms with Crippen molar-refractivity contribution in [3.63, 3.8) is 0 Å². The largest absolute Gasteiger partial charge is 0.356 e. The fourth-order valence-corrected chi connectivity index (χ4v) is 3.38. The summed E-state index contributed by atoms with van der Waals surface area (Å²) in [7, 11) is 0. The minimum atomic E-state index is -0.650. The van der Waals surface area contributed by atoms with Crippen LogP contribution in [0.15, 0.2) is 43.1 Å². The molecule has 0 aliphatic carbocycles. The Labute approximate surface area is 152 Å². The number of H-pyrrole nitrogens is 1. The van der Waals surface area contributed by atoms with E-state index in [-0.39, 0.29) is 5.56 Å². The second-order valence-electron chi connectivity index (χ2n) is 6.40. The van der Waals surface area contributed by atoms with Gasteiger partial charge in [-0.1, -0.05) is 0 Å². The van der Waals surface area contributed by atoms with Gasteiger partial charge in [0.05, 0.1) is 6.20 Å². The van der Waals surface area contributed by atoms with Gasteiger partial charge in [0.15, 0.2) is 5.65 Å². The van der Waals surface area contributed by atoms with Crippen LogP contribution in [0, 0.1) is 11.6 Å². The molecule has 0 amide bonds. The van der Waals surface area contributed by atoms with Gasteiger partial charge in [-0.2, -0.15) is 5.10 Å². The van der Waals surface area contributed by atoms with E-state index in [1.165, 1.54) is 18.5 Å². The van der Waals surface area contributed by atoms with E-state index in [1.54, 1.807) is 18.6 Å². The summed E-state index contributed by atoms with van der Waals surface area (Å²) < 4.78 is 28.0. The topological polar surface area (TPSA) is 70.6 Å². The molecule has 1 fully saturated rings. The van der Waals surface area contributed by atoms with Crippen LogP contribution in [0.1, 0.15) is 6.42 Å². The first-order valence-electron chi connectivity index (χ1n) is 8.55. The van der Waals surface area contributed by atoms with Gasteiger partial charge in [0, 0.05) is 59.2 Å². The van der Waals surface area contributed by atoms with E-state index in [9.17, 15) is 8.78 Å². The molecule has 1 aromatic carbocycles. The molecule has 0 unspecified atom stereocenters. The first-order valence-corrected chi connectivity index (χ1v) is 8.55. The Morgan fingerprint density at radius 2 is 1.85 bits per heavy atom. The number of hydrogen-bond acceptors (Lipinski definition) is 5. The molecule has 1 aliphatic heterocycles. The number of anilines is 1. The summed E-state index contributed by atoms with van der Waals surface area (Å²) >= 11 is 0. The zero-order valence-electron chi connectivity index (χ0n) is 14.2. The highest BCUT2D eigenvalue weighted by molar-refractivity contribution is 6.03. The maximum atomic E-state index is 14.6. The predicted octanol–water partition coefficient (Wildman–Crippen LogP) is 3.57. The summed E-state index contributed by atoms with van der Waals surface area (Å²) in [6, 6.07) is 3.53. The highest BCUT2D eigenvalue weighted by Gasteiger charge is 2.24. The summed E-state index contributed by atoms with van der Waals surface area (Å²) in [6.45, 7) is 1.81. The summed E-state index contributed by atoms with van der Waals surface area (Å²) in [5.74, 6) is -0.489. The number of hydrogen-bond donors (Lipinski definition) is 1. The molecule has 6 nitrogen and oxygen atoms in total. The van der Waals surface area contributed by atoms with Crippen LogP contribution < -0.4 is 4.90 Å². The Hall–Kier alpha value is -3.42. The molecule has 0 bridgehead atoms. The SMILES string of the molecule is Fc1ccc(-c2cnc3[nH]ncc3c2-c2cncnc2N2CCC2)c(F)c1.